The third-order valence-corrected chi connectivity index (χ3v) is 3.22. The molecule has 11 heavy (non-hydrogen) atoms. The molecule has 1 rings (SSSR count). The second kappa shape index (κ2) is 3.55. The van der Waals surface area contributed by atoms with Crippen LogP contribution in [0.5, 0.6) is 0 Å². The summed E-state index contributed by atoms with van der Waals surface area (Å²) in [5.74, 6) is 0. The molecule has 0 radical (unpaired) electrons. The molecule has 0 heterocycles. The number of rotatable bonds is 2. The molecule has 1 aliphatic carbocycles. The van der Waals surface area contributed by atoms with E-state index in [0.717, 1.165) is 6.54 Å². The average Bonchev–Trinajstić information content (AvgIpc) is 2.05. The number of hydrogen-bond acceptors (Lipinski definition) is 2. The smallest absolute Gasteiger partial charge is 0.00791 e. The van der Waals surface area contributed by atoms with E-state index in [2.05, 4.69) is 6.92 Å². The van der Waals surface area contributed by atoms with Gasteiger partial charge in [0.15, 0.2) is 0 Å². The van der Waals surface area contributed by atoms with E-state index in [1.807, 2.05) is 0 Å². The minimum atomic E-state index is 0.271. The van der Waals surface area contributed by atoms with Crippen LogP contribution < -0.4 is 11.5 Å². The van der Waals surface area contributed by atoms with Crippen LogP contribution >= 0.6 is 0 Å². The molecule has 0 saturated heterocycles. The molecule has 66 valence electrons. The lowest BCUT2D eigenvalue weighted by molar-refractivity contribution is 0.163. The molecule has 0 spiro atoms. The lowest BCUT2D eigenvalue weighted by atomic mass is 9.70. The number of nitrogens with two attached hydrogens (primary N) is 2. The van der Waals surface area contributed by atoms with E-state index in [4.69, 9.17) is 11.5 Å². The fourth-order valence-corrected chi connectivity index (χ4v) is 2.10. The predicted molar refractivity (Wildman–Crippen MR) is 48.2 cm³/mol. The van der Waals surface area contributed by atoms with Gasteiger partial charge >= 0.3 is 0 Å². The van der Waals surface area contributed by atoms with Crippen molar-refractivity contribution >= 4 is 0 Å². The number of hydrogen-bond donors (Lipinski definition) is 2. The van der Waals surface area contributed by atoms with Crippen molar-refractivity contribution in [1.82, 2.24) is 0 Å². The van der Waals surface area contributed by atoms with Crippen LogP contribution in [0.25, 0.3) is 0 Å². The van der Waals surface area contributed by atoms with Crippen molar-refractivity contribution in [2.45, 2.75) is 45.1 Å². The van der Waals surface area contributed by atoms with E-state index in [1.54, 1.807) is 0 Å². The van der Waals surface area contributed by atoms with Gasteiger partial charge in [-0.2, -0.15) is 0 Å². The van der Waals surface area contributed by atoms with E-state index in [-0.39, 0.29) is 11.5 Å². The highest BCUT2D eigenvalue weighted by Gasteiger charge is 2.33. The molecule has 0 aromatic carbocycles. The van der Waals surface area contributed by atoms with Gasteiger partial charge in [-0.1, -0.05) is 19.3 Å². The topological polar surface area (TPSA) is 52.0 Å². The third-order valence-electron chi connectivity index (χ3n) is 3.22. The monoisotopic (exact) mass is 156 g/mol. The van der Waals surface area contributed by atoms with Gasteiger partial charge < -0.3 is 11.5 Å². The van der Waals surface area contributed by atoms with Crippen LogP contribution in [0.4, 0.5) is 0 Å². The average molecular weight is 156 g/mol. The fraction of sp³-hybridized carbons (Fsp3) is 1.00. The predicted octanol–water partition coefficient (Wildman–Crippen LogP) is 1.24. The molecule has 1 saturated carbocycles. The van der Waals surface area contributed by atoms with E-state index in [1.165, 1.54) is 32.1 Å². The van der Waals surface area contributed by atoms with E-state index >= 15 is 0 Å². The third kappa shape index (κ3) is 1.74. The Morgan fingerprint density at radius 3 is 2.09 bits per heavy atom. The second-order valence-electron chi connectivity index (χ2n) is 3.92. The summed E-state index contributed by atoms with van der Waals surface area (Å²) in [5.41, 5.74) is 12.0. The summed E-state index contributed by atoms with van der Waals surface area (Å²) in [6, 6.07) is 0.271. The molecular formula is C9H20N2. The summed E-state index contributed by atoms with van der Waals surface area (Å²) >= 11 is 0. The molecule has 1 fully saturated rings. The zero-order valence-corrected chi connectivity index (χ0v) is 7.47. The Morgan fingerprint density at radius 2 is 1.82 bits per heavy atom. The maximum Gasteiger partial charge on any atom is 0.00791 e. The Morgan fingerprint density at radius 1 is 1.27 bits per heavy atom. The lowest BCUT2D eigenvalue weighted by Crippen LogP contribution is -2.46. The fourth-order valence-electron chi connectivity index (χ4n) is 2.10. The van der Waals surface area contributed by atoms with Crippen molar-refractivity contribution < 1.29 is 0 Å². The first-order valence-corrected chi connectivity index (χ1v) is 4.67. The molecule has 2 heteroatoms. The maximum atomic E-state index is 5.93. The van der Waals surface area contributed by atoms with Crippen LogP contribution in [0.1, 0.15) is 39.0 Å². The molecule has 2 nitrogen and oxygen atoms in total. The van der Waals surface area contributed by atoms with Gasteiger partial charge in [-0.05, 0) is 31.7 Å². The first-order valence-electron chi connectivity index (χ1n) is 4.67. The van der Waals surface area contributed by atoms with E-state index < -0.39 is 0 Å². The summed E-state index contributed by atoms with van der Waals surface area (Å²) in [4.78, 5) is 0. The van der Waals surface area contributed by atoms with Gasteiger partial charge in [-0.3, -0.25) is 0 Å². The minimum Gasteiger partial charge on any atom is -0.330 e. The van der Waals surface area contributed by atoms with Gasteiger partial charge in [0.05, 0.1) is 0 Å². The van der Waals surface area contributed by atoms with Gasteiger partial charge in [0, 0.05) is 6.04 Å². The summed E-state index contributed by atoms with van der Waals surface area (Å²) < 4.78 is 0. The van der Waals surface area contributed by atoms with Crippen LogP contribution in [-0.4, -0.2) is 12.6 Å². The highest BCUT2D eigenvalue weighted by atomic mass is 14.7. The normalized spacial score (nSPS) is 26.5. The molecule has 1 unspecified atom stereocenters. The zero-order valence-electron chi connectivity index (χ0n) is 7.47. The maximum absolute atomic E-state index is 5.93. The molecule has 0 aromatic heterocycles. The zero-order chi connectivity index (χ0) is 8.32. The molecule has 0 amide bonds. The van der Waals surface area contributed by atoms with Gasteiger partial charge in [-0.25, -0.2) is 0 Å². The molecular weight excluding hydrogens is 136 g/mol. The van der Waals surface area contributed by atoms with Gasteiger partial charge in [0.25, 0.3) is 0 Å². The van der Waals surface area contributed by atoms with Gasteiger partial charge in [0.1, 0.15) is 0 Å². The Balaban J connectivity index is 2.57. The van der Waals surface area contributed by atoms with Crippen LogP contribution in [0.3, 0.4) is 0 Å². The van der Waals surface area contributed by atoms with Crippen molar-refractivity contribution in [3.63, 3.8) is 0 Å². The first-order chi connectivity index (χ1) is 5.21. The van der Waals surface area contributed by atoms with Crippen LogP contribution in [-0.2, 0) is 0 Å². The Hall–Kier alpha value is -0.0800. The van der Waals surface area contributed by atoms with E-state index in [0.29, 0.717) is 0 Å². The highest BCUT2D eigenvalue weighted by Crippen LogP contribution is 2.37. The molecule has 4 N–H and O–H groups in total. The summed E-state index contributed by atoms with van der Waals surface area (Å²) in [7, 11) is 0. The largest absolute Gasteiger partial charge is 0.330 e. The quantitative estimate of drug-likeness (QED) is 0.632. The Bertz CT molecular complexity index is 115. The molecule has 1 aliphatic rings. The Labute approximate surface area is 69.3 Å². The van der Waals surface area contributed by atoms with Gasteiger partial charge in [0.2, 0.25) is 0 Å². The molecule has 0 aliphatic heterocycles. The lowest BCUT2D eigenvalue weighted by Gasteiger charge is -2.39. The van der Waals surface area contributed by atoms with Crippen molar-refractivity contribution in [3.8, 4) is 0 Å². The van der Waals surface area contributed by atoms with Crippen molar-refractivity contribution in [2.75, 3.05) is 6.54 Å². The van der Waals surface area contributed by atoms with Crippen LogP contribution in [0.2, 0.25) is 0 Å². The molecule has 1 atom stereocenters. The van der Waals surface area contributed by atoms with E-state index in [9.17, 15) is 0 Å². The SMILES string of the molecule is CC(N)C1(CN)CCCCC1. The highest BCUT2D eigenvalue weighted by molar-refractivity contribution is 4.89. The van der Waals surface area contributed by atoms with Crippen molar-refractivity contribution in [1.29, 1.82) is 0 Å². The van der Waals surface area contributed by atoms with Crippen LogP contribution in [0.15, 0.2) is 0 Å². The van der Waals surface area contributed by atoms with Crippen molar-refractivity contribution in [2.24, 2.45) is 16.9 Å². The van der Waals surface area contributed by atoms with Gasteiger partial charge in [-0.15, -0.1) is 0 Å². The van der Waals surface area contributed by atoms with Crippen molar-refractivity contribution in [3.05, 3.63) is 0 Å². The Kier molecular flexibility index (Phi) is 2.90. The second-order valence-corrected chi connectivity index (χ2v) is 3.92. The molecule has 0 bridgehead atoms. The summed E-state index contributed by atoms with van der Waals surface area (Å²) in [6.07, 6.45) is 6.48. The first kappa shape index (κ1) is 9.01. The summed E-state index contributed by atoms with van der Waals surface area (Å²) in [6.45, 7) is 2.86. The standard InChI is InChI=1S/C9H20N2/c1-8(11)9(7-10)5-3-2-4-6-9/h8H,2-7,10-11H2,1H3. The minimum absolute atomic E-state index is 0.271. The van der Waals surface area contributed by atoms with Crippen LogP contribution in [0, 0.1) is 5.41 Å². The summed E-state index contributed by atoms with van der Waals surface area (Å²) in [5, 5.41) is 0. The molecule has 0 aromatic rings.